The first kappa shape index (κ1) is 10.6. The van der Waals surface area contributed by atoms with E-state index < -0.39 is 6.03 Å². The molecule has 0 spiro atoms. The van der Waals surface area contributed by atoms with Crippen molar-refractivity contribution in [2.75, 3.05) is 5.32 Å². The van der Waals surface area contributed by atoms with Crippen molar-refractivity contribution >= 4 is 11.7 Å². The minimum Gasteiger partial charge on any atom is -0.351 e. The number of rotatable bonds is 1. The highest BCUT2D eigenvalue weighted by Gasteiger charge is 2.17. The van der Waals surface area contributed by atoms with Crippen LogP contribution < -0.4 is 11.1 Å². The highest BCUT2D eigenvalue weighted by molar-refractivity contribution is 5.89. The van der Waals surface area contributed by atoms with Gasteiger partial charge < -0.3 is 11.1 Å². The summed E-state index contributed by atoms with van der Waals surface area (Å²) in [4.78, 5) is 10.8. The van der Waals surface area contributed by atoms with Gasteiger partial charge in [0.2, 0.25) is 0 Å². The lowest BCUT2D eigenvalue weighted by atomic mass is 10.1. The van der Waals surface area contributed by atoms with Crippen LogP contribution in [0.1, 0.15) is 24.0 Å². The number of primary amides is 1. The van der Waals surface area contributed by atoms with Crippen molar-refractivity contribution in [3.05, 3.63) is 29.3 Å². The van der Waals surface area contributed by atoms with Gasteiger partial charge in [-0.1, -0.05) is 17.9 Å². The number of hydrogen-bond donors (Lipinski definition) is 2. The fourth-order valence-electron chi connectivity index (χ4n) is 1.45. The first-order valence-electron chi connectivity index (χ1n) is 5.34. The molecule has 0 atom stereocenters. The highest BCUT2D eigenvalue weighted by atomic mass is 16.2. The minimum absolute atomic E-state index is 0.546. The van der Waals surface area contributed by atoms with Crippen LogP contribution >= 0.6 is 0 Å². The molecule has 1 fully saturated rings. The standard InChI is InChI=1S/C13H14N2O/c1-9-11(8-7-10-5-6-10)3-2-4-12(9)15-13(14)16/h2-4,10H,5-6H2,1H3,(H3,14,15,16). The topological polar surface area (TPSA) is 55.1 Å². The number of carbonyl (C=O) groups is 1. The Morgan fingerprint density at radius 1 is 1.50 bits per heavy atom. The van der Waals surface area contributed by atoms with Gasteiger partial charge in [0.1, 0.15) is 0 Å². The van der Waals surface area contributed by atoms with Gasteiger partial charge in [-0.2, -0.15) is 0 Å². The maximum absolute atomic E-state index is 10.8. The molecule has 1 aromatic carbocycles. The molecule has 16 heavy (non-hydrogen) atoms. The Kier molecular flexibility index (Phi) is 2.82. The molecule has 0 radical (unpaired) electrons. The molecule has 1 saturated carbocycles. The number of anilines is 1. The van der Waals surface area contributed by atoms with E-state index in [4.69, 9.17) is 5.73 Å². The van der Waals surface area contributed by atoms with E-state index in [1.165, 1.54) is 12.8 Å². The number of carbonyl (C=O) groups excluding carboxylic acids is 1. The molecule has 1 aliphatic carbocycles. The quantitative estimate of drug-likeness (QED) is 0.692. The van der Waals surface area contributed by atoms with Crippen LogP contribution in [0.25, 0.3) is 0 Å². The van der Waals surface area contributed by atoms with E-state index in [2.05, 4.69) is 17.2 Å². The Hall–Kier alpha value is -1.95. The normalized spacial score (nSPS) is 13.8. The number of urea groups is 1. The molecular formula is C13H14N2O. The lowest BCUT2D eigenvalue weighted by Gasteiger charge is -2.07. The lowest BCUT2D eigenvalue weighted by molar-refractivity contribution is 0.259. The van der Waals surface area contributed by atoms with E-state index >= 15 is 0 Å². The summed E-state index contributed by atoms with van der Waals surface area (Å²) in [5.74, 6) is 6.92. The predicted molar refractivity (Wildman–Crippen MR) is 64.0 cm³/mol. The van der Waals surface area contributed by atoms with E-state index in [0.717, 1.165) is 16.8 Å². The van der Waals surface area contributed by atoms with Crippen LogP contribution in [0.2, 0.25) is 0 Å². The van der Waals surface area contributed by atoms with Crippen molar-refractivity contribution in [1.29, 1.82) is 0 Å². The van der Waals surface area contributed by atoms with Crippen molar-refractivity contribution < 1.29 is 4.79 Å². The van der Waals surface area contributed by atoms with Gasteiger partial charge in [0.25, 0.3) is 0 Å². The molecule has 0 aliphatic heterocycles. The molecule has 0 unspecified atom stereocenters. The van der Waals surface area contributed by atoms with Crippen LogP contribution in [0.4, 0.5) is 10.5 Å². The van der Waals surface area contributed by atoms with Crippen molar-refractivity contribution in [3.8, 4) is 11.8 Å². The van der Waals surface area contributed by atoms with E-state index in [1.807, 2.05) is 25.1 Å². The maximum Gasteiger partial charge on any atom is 0.316 e. The summed E-state index contributed by atoms with van der Waals surface area (Å²) in [5, 5.41) is 2.59. The smallest absolute Gasteiger partial charge is 0.316 e. The molecule has 3 N–H and O–H groups in total. The molecule has 0 saturated heterocycles. The van der Waals surface area contributed by atoms with Crippen molar-refractivity contribution in [2.45, 2.75) is 19.8 Å². The molecule has 2 rings (SSSR count). The zero-order chi connectivity index (χ0) is 11.5. The summed E-state index contributed by atoms with van der Waals surface area (Å²) in [6.45, 7) is 1.93. The molecule has 0 heterocycles. The van der Waals surface area contributed by atoms with E-state index in [9.17, 15) is 4.79 Å². The summed E-state index contributed by atoms with van der Waals surface area (Å²) in [6.07, 6.45) is 2.43. The second kappa shape index (κ2) is 4.28. The molecule has 2 amide bonds. The van der Waals surface area contributed by atoms with E-state index in [-0.39, 0.29) is 0 Å². The SMILES string of the molecule is Cc1c(C#CC2CC2)cccc1NC(N)=O. The maximum atomic E-state index is 10.8. The van der Waals surface area contributed by atoms with Crippen molar-refractivity contribution in [3.63, 3.8) is 0 Å². The Bertz CT molecular complexity index is 478. The molecule has 0 aromatic heterocycles. The summed E-state index contributed by atoms with van der Waals surface area (Å²) >= 11 is 0. The molecular weight excluding hydrogens is 200 g/mol. The molecule has 0 bridgehead atoms. The third-order valence-corrected chi connectivity index (χ3v) is 2.58. The van der Waals surface area contributed by atoms with Gasteiger partial charge in [-0.05, 0) is 37.5 Å². The summed E-state index contributed by atoms with van der Waals surface area (Å²) < 4.78 is 0. The Morgan fingerprint density at radius 3 is 2.88 bits per heavy atom. The van der Waals surface area contributed by atoms with Gasteiger partial charge in [-0.15, -0.1) is 0 Å². The molecule has 1 aliphatic rings. The first-order chi connectivity index (χ1) is 7.66. The Balaban J connectivity index is 2.25. The monoisotopic (exact) mass is 214 g/mol. The average molecular weight is 214 g/mol. The summed E-state index contributed by atoms with van der Waals surface area (Å²) in [5.41, 5.74) is 7.74. The van der Waals surface area contributed by atoms with Crippen LogP contribution in [-0.2, 0) is 0 Å². The molecule has 3 nitrogen and oxygen atoms in total. The number of amides is 2. The first-order valence-corrected chi connectivity index (χ1v) is 5.34. The predicted octanol–water partition coefficient (Wildman–Crippen LogP) is 2.25. The van der Waals surface area contributed by atoms with Crippen LogP contribution in [0.5, 0.6) is 0 Å². The lowest BCUT2D eigenvalue weighted by Crippen LogP contribution is -2.20. The van der Waals surface area contributed by atoms with E-state index in [1.54, 1.807) is 0 Å². The minimum atomic E-state index is -0.546. The molecule has 3 heteroatoms. The van der Waals surface area contributed by atoms with Crippen LogP contribution in [0.15, 0.2) is 18.2 Å². The average Bonchev–Trinajstić information content (AvgIpc) is 3.02. The third-order valence-electron chi connectivity index (χ3n) is 2.58. The van der Waals surface area contributed by atoms with Gasteiger partial charge in [0, 0.05) is 17.2 Å². The number of nitrogens with one attached hydrogen (secondary N) is 1. The Morgan fingerprint density at radius 2 is 2.25 bits per heavy atom. The van der Waals surface area contributed by atoms with Gasteiger partial charge in [-0.3, -0.25) is 0 Å². The highest BCUT2D eigenvalue weighted by Crippen LogP contribution is 2.28. The summed E-state index contributed by atoms with van der Waals surface area (Å²) in [7, 11) is 0. The van der Waals surface area contributed by atoms with Crippen molar-refractivity contribution in [1.82, 2.24) is 0 Å². The number of benzene rings is 1. The zero-order valence-electron chi connectivity index (χ0n) is 9.21. The number of hydrogen-bond acceptors (Lipinski definition) is 1. The second-order valence-electron chi connectivity index (χ2n) is 4.01. The van der Waals surface area contributed by atoms with Crippen LogP contribution in [0, 0.1) is 24.7 Å². The van der Waals surface area contributed by atoms with E-state index in [0.29, 0.717) is 5.92 Å². The van der Waals surface area contributed by atoms with Crippen LogP contribution in [0.3, 0.4) is 0 Å². The second-order valence-corrected chi connectivity index (χ2v) is 4.01. The Labute approximate surface area is 95.0 Å². The fraction of sp³-hybridized carbons (Fsp3) is 0.308. The number of nitrogens with two attached hydrogens (primary N) is 1. The largest absolute Gasteiger partial charge is 0.351 e. The zero-order valence-corrected chi connectivity index (χ0v) is 9.21. The van der Waals surface area contributed by atoms with Gasteiger partial charge >= 0.3 is 6.03 Å². The van der Waals surface area contributed by atoms with Crippen LogP contribution in [-0.4, -0.2) is 6.03 Å². The molecule has 1 aromatic rings. The third kappa shape index (κ3) is 2.54. The van der Waals surface area contributed by atoms with Gasteiger partial charge in [-0.25, -0.2) is 4.79 Å². The molecule has 82 valence electrons. The fourth-order valence-corrected chi connectivity index (χ4v) is 1.45. The van der Waals surface area contributed by atoms with Crippen molar-refractivity contribution in [2.24, 2.45) is 11.7 Å². The van der Waals surface area contributed by atoms with Gasteiger partial charge in [0.05, 0.1) is 0 Å². The summed E-state index contributed by atoms with van der Waals surface area (Å²) in [6, 6.07) is 5.10. The van der Waals surface area contributed by atoms with Gasteiger partial charge in [0.15, 0.2) is 0 Å².